The van der Waals surface area contributed by atoms with E-state index in [9.17, 15) is 44.1 Å². The number of carboxylic acids is 3. The summed E-state index contributed by atoms with van der Waals surface area (Å²) in [6.45, 7) is 29.5. The first-order valence-electron chi connectivity index (χ1n) is 33.0. The molecule has 0 aliphatic carbocycles. The summed E-state index contributed by atoms with van der Waals surface area (Å²) in [4.78, 5) is 122. The highest BCUT2D eigenvalue weighted by atomic mass is 16.6. The fraction of sp³-hybridized carbons (Fsp3) is 0.591. The fourth-order valence-corrected chi connectivity index (χ4v) is 9.81. The number of fused-ring (bicyclic) bond motifs is 3. The largest absolute Gasteiger partial charge is 0.480 e. The van der Waals surface area contributed by atoms with Gasteiger partial charge in [0.1, 0.15) is 36.4 Å². The van der Waals surface area contributed by atoms with Crippen LogP contribution < -0.4 is 29.8 Å². The molecule has 0 spiro atoms. The van der Waals surface area contributed by atoms with Crippen molar-refractivity contribution in [1.29, 1.82) is 0 Å². The zero-order valence-corrected chi connectivity index (χ0v) is 58.9. The lowest BCUT2D eigenvalue weighted by Crippen LogP contribution is -2.40. The number of nitrogens with zero attached hydrogens (tertiary/aromatic N) is 17. The van der Waals surface area contributed by atoms with Crippen LogP contribution in [0.25, 0.3) is 33.5 Å². The first-order chi connectivity index (χ1) is 45.8. The molecule has 1 aliphatic heterocycles. The molecule has 1 aliphatic rings. The minimum absolute atomic E-state index is 0.0515. The van der Waals surface area contributed by atoms with Crippen molar-refractivity contribution in [2.24, 2.45) is 0 Å². The molecule has 530 valence electrons. The van der Waals surface area contributed by atoms with Crippen LogP contribution in [0.15, 0.2) is 49.3 Å². The predicted octanol–water partition coefficient (Wildman–Crippen LogP) is 10.8. The first-order valence-corrected chi connectivity index (χ1v) is 33.0. The van der Waals surface area contributed by atoms with Gasteiger partial charge in [-0.15, -0.1) is 0 Å². The molecular weight excluding hydrogens is 1250 g/mol. The highest BCUT2D eigenvalue weighted by Gasteiger charge is 2.32. The van der Waals surface area contributed by atoms with E-state index in [2.05, 4.69) is 61.0 Å². The van der Waals surface area contributed by atoms with Crippen molar-refractivity contribution in [3.05, 3.63) is 54.9 Å². The first kappa shape index (κ1) is 76.5. The molecule has 0 atom stereocenters. The number of carboxylic acid groups (broad SMARTS) is 3. The second-order valence-electron chi connectivity index (χ2n) is 26.6. The van der Waals surface area contributed by atoms with Crippen molar-refractivity contribution < 1.29 is 63.0 Å². The van der Waals surface area contributed by atoms with Crippen LogP contribution in [0, 0.1) is 0 Å². The molecule has 7 aromatic rings. The highest BCUT2D eigenvalue weighted by molar-refractivity contribution is 5.93. The van der Waals surface area contributed by atoms with E-state index in [1.165, 1.54) is 47.4 Å². The standard InChI is InChI=1S/C25H34N6O4.C21H32N6O5.C20H32N6O4/c1-6-7-11-14-31(24(34)35-25(2,3)4)23-27-21(29(5)15-18-12-9-8-10-13-18)20-22(28-23)30(17-26-20)16-19(32)33;1-5-6-7-8-27(20(30)32-21(2,3)4)19-23-17(25-9-11-31-12-10-25)16-18(24-19)26(14-22-16)13-15(28)29;1-7-8-9-10-26(19(29)30-20(4,5)6)18-23-16(22-13(2)3)15-17(24-18)25(12-21-15)11-14(27)28/h8-10,12-13,17H,6-7,11,14-16H2,1-5H3,(H,32,33);14H,5-13H2,1-4H3,(H,28,29);12-13H,7-11H2,1-6H3,(H,27,28)(H,22,23,24). The van der Waals surface area contributed by atoms with Crippen molar-refractivity contribution in [3.8, 4) is 0 Å². The molecule has 0 radical (unpaired) electrons. The summed E-state index contributed by atoms with van der Waals surface area (Å²) in [5, 5.41) is 31.1. The summed E-state index contributed by atoms with van der Waals surface area (Å²) in [6.07, 6.45) is 10.7. The number of amides is 3. The third-order valence-corrected chi connectivity index (χ3v) is 14.1. The molecule has 7 heterocycles. The minimum atomic E-state index is -1.02. The van der Waals surface area contributed by atoms with Gasteiger partial charge < -0.3 is 63.1 Å². The van der Waals surface area contributed by atoms with Crippen LogP contribution in [0.4, 0.5) is 49.7 Å². The molecule has 0 unspecified atom stereocenters. The second kappa shape index (κ2) is 34.9. The van der Waals surface area contributed by atoms with E-state index in [4.69, 9.17) is 28.9 Å². The molecule has 1 fully saturated rings. The average molecular weight is 1350 g/mol. The molecule has 8 rings (SSSR count). The number of carbonyl (C=O) groups is 6. The van der Waals surface area contributed by atoms with Crippen LogP contribution >= 0.6 is 0 Å². The molecule has 1 saturated heterocycles. The molecule has 31 nitrogen and oxygen atoms in total. The monoisotopic (exact) mass is 1350 g/mol. The van der Waals surface area contributed by atoms with E-state index < -0.39 is 53.0 Å². The van der Waals surface area contributed by atoms with E-state index in [0.717, 1.165) is 63.4 Å². The van der Waals surface area contributed by atoms with E-state index >= 15 is 0 Å². The van der Waals surface area contributed by atoms with Crippen molar-refractivity contribution in [3.63, 3.8) is 0 Å². The third kappa shape index (κ3) is 23.1. The van der Waals surface area contributed by atoms with E-state index in [1.54, 1.807) is 62.3 Å². The third-order valence-electron chi connectivity index (χ3n) is 14.1. The predicted molar refractivity (Wildman–Crippen MR) is 369 cm³/mol. The Balaban J connectivity index is 0.000000231. The molecule has 4 N–H and O–H groups in total. The number of unbranched alkanes of at least 4 members (excludes halogenated alkanes) is 6. The maximum atomic E-state index is 13.2. The lowest BCUT2D eigenvalue weighted by atomic mass is 10.2. The lowest BCUT2D eigenvalue weighted by Gasteiger charge is -2.30. The molecule has 0 saturated carbocycles. The van der Waals surface area contributed by atoms with Gasteiger partial charge in [0.2, 0.25) is 17.8 Å². The minimum Gasteiger partial charge on any atom is -0.480 e. The number of morpholine rings is 1. The number of imidazole rings is 3. The number of aromatic nitrogens is 12. The number of rotatable bonds is 27. The van der Waals surface area contributed by atoms with Gasteiger partial charge >= 0.3 is 36.2 Å². The Morgan fingerprint density at radius 1 is 0.536 bits per heavy atom. The van der Waals surface area contributed by atoms with E-state index in [0.29, 0.717) is 103 Å². The number of hydrogen-bond acceptors (Lipinski definition) is 22. The normalized spacial score (nSPS) is 12.6. The molecule has 0 bridgehead atoms. The number of aliphatic carboxylic acids is 3. The van der Waals surface area contributed by atoms with E-state index in [-0.39, 0.29) is 43.5 Å². The molecule has 31 heteroatoms. The number of carbonyl (C=O) groups excluding carboxylic acids is 3. The summed E-state index contributed by atoms with van der Waals surface area (Å²) in [5.74, 6) is -1.05. The van der Waals surface area contributed by atoms with Gasteiger partial charge in [0, 0.05) is 52.4 Å². The van der Waals surface area contributed by atoms with Crippen LogP contribution in [-0.4, -0.2) is 186 Å². The number of hydrogen-bond donors (Lipinski definition) is 4. The molecule has 1 aromatic carbocycles. The number of anilines is 6. The van der Waals surface area contributed by atoms with Crippen LogP contribution in [0.1, 0.15) is 160 Å². The van der Waals surface area contributed by atoms with Crippen molar-refractivity contribution in [1.82, 2.24) is 58.6 Å². The van der Waals surface area contributed by atoms with Gasteiger partial charge in [-0.2, -0.15) is 29.9 Å². The van der Waals surface area contributed by atoms with Crippen LogP contribution in [0.3, 0.4) is 0 Å². The Bertz CT molecular complexity index is 3750. The summed E-state index contributed by atoms with van der Waals surface area (Å²) < 4.78 is 26.6. The SMILES string of the molecule is CCCCCN(C(=O)OC(C)(C)C)c1nc(N(C)Cc2ccccc2)c2ncn(CC(=O)O)c2n1.CCCCCN(C(=O)OC(C)(C)C)c1nc(N2CCOCC2)c2ncn(CC(=O)O)c2n1.CCCCCN(C(=O)OC(C)(C)C)c1nc(NC(C)C)c2ncn(CC(=O)O)c2n1. The summed E-state index contributed by atoms with van der Waals surface area (Å²) in [6, 6.07) is 9.95. The van der Waals surface area contributed by atoms with Gasteiger partial charge in [-0.25, -0.2) is 44.0 Å². The molecule has 97 heavy (non-hydrogen) atoms. The van der Waals surface area contributed by atoms with Crippen molar-refractivity contribution in [2.45, 2.75) is 204 Å². The van der Waals surface area contributed by atoms with Crippen LogP contribution in [0.5, 0.6) is 0 Å². The summed E-state index contributed by atoms with van der Waals surface area (Å²) >= 11 is 0. The van der Waals surface area contributed by atoms with Gasteiger partial charge in [0.25, 0.3) is 0 Å². The quantitative estimate of drug-likeness (QED) is 0.0274. The topological polar surface area (TPSA) is 359 Å². The Morgan fingerprint density at radius 3 is 1.32 bits per heavy atom. The second-order valence-corrected chi connectivity index (χ2v) is 26.6. The summed E-state index contributed by atoms with van der Waals surface area (Å²) in [7, 11) is 1.88. The van der Waals surface area contributed by atoms with Gasteiger partial charge in [0.15, 0.2) is 50.9 Å². The zero-order chi connectivity index (χ0) is 71.4. The maximum absolute atomic E-state index is 13.2. The van der Waals surface area contributed by atoms with E-state index in [1.807, 2.05) is 61.0 Å². The molecular formula is C66H98N18O13. The smallest absolute Gasteiger partial charge is 0.417 e. The Morgan fingerprint density at radius 2 is 0.918 bits per heavy atom. The van der Waals surface area contributed by atoms with Gasteiger partial charge in [-0.1, -0.05) is 89.6 Å². The van der Waals surface area contributed by atoms with Crippen molar-refractivity contribution >= 4 is 105 Å². The lowest BCUT2D eigenvalue weighted by molar-refractivity contribution is -0.138. The Kier molecular flexibility index (Phi) is 27.5. The number of nitrogens with one attached hydrogen (secondary N) is 1. The Labute approximate surface area is 565 Å². The number of ether oxygens (including phenoxy) is 4. The van der Waals surface area contributed by atoms with Crippen LogP contribution in [0.2, 0.25) is 0 Å². The van der Waals surface area contributed by atoms with Crippen LogP contribution in [-0.2, 0) is 59.5 Å². The van der Waals surface area contributed by atoms with Crippen molar-refractivity contribution in [2.75, 3.05) is 82.8 Å². The average Bonchev–Trinajstić information content (AvgIpc) is 1.71. The Hall–Kier alpha value is -9.55. The fourth-order valence-electron chi connectivity index (χ4n) is 9.81. The highest BCUT2D eigenvalue weighted by Crippen LogP contribution is 2.31. The maximum Gasteiger partial charge on any atom is 0.417 e. The zero-order valence-electron chi connectivity index (χ0n) is 58.9. The molecule has 6 aromatic heterocycles. The van der Waals surface area contributed by atoms with Gasteiger partial charge in [-0.3, -0.25) is 14.4 Å². The van der Waals surface area contributed by atoms with Gasteiger partial charge in [0.05, 0.1) is 32.2 Å². The van der Waals surface area contributed by atoms with Gasteiger partial charge in [-0.05, 0) is 101 Å². The molecule has 3 amide bonds. The summed E-state index contributed by atoms with van der Waals surface area (Å²) in [5.41, 5.74) is 1.49. The number of benzene rings is 1.